The van der Waals surface area contributed by atoms with Crippen molar-refractivity contribution in [1.29, 1.82) is 0 Å². The molecule has 0 saturated carbocycles. The zero-order valence-corrected chi connectivity index (χ0v) is 17.0. The molecule has 30 heavy (non-hydrogen) atoms. The first-order chi connectivity index (χ1) is 14.4. The number of aliphatic imine (C=N–C) groups is 1. The van der Waals surface area contributed by atoms with Crippen LogP contribution in [-0.2, 0) is 6.54 Å². The second-order valence-electron chi connectivity index (χ2n) is 6.09. The Kier molecular flexibility index (Phi) is 8.57. The van der Waals surface area contributed by atoms with E-state index in [0.29, 0.717) is 35.6 Å². The Hall–Kier alpha value is -3.17. The fraction of sp³-hybridized carbons (Fsp3) is 0.400. The van der Waals surface area contributed by atoms with Gasteiger partial charge in [-0.2, -0.15) is 13.2 Å². The SMILES string of the molecule is CCNC(=NCc1ccc(Oc2c(OC)cccc2OC)nc1)NCCC(F)(F)F. The largest absolute Gasteiger partial charge is 0.493 e. The van der Waals surface area contributed by atoms with Gasteiger partial charge in [-0.15, -0.1) is 0 Å². The second-order valence-corrected chi connectivity index (χ2v) is 6.09. The number of guanidine groups is 1. The normalized spacial score (nSPS) is 11.7. The molecule has 1 heterocycles. The summed E-state index contributed by atoms with van der Waals surface area (Å²) in [6.45, 7) is 2.36. The van der Waals surface area contributed by atoms with Crippen LogP contribution in [0.2, 0.25) is 0 Å². The smallest absolute Gasteiger partial charge is 0.390 e. The maximum atomic E-state index is 12.3. The molecule has 2 aromatic rings. The first-order valence-corrected chi connectivity index (χ1v) is 9.29. The molecule has 0 bridgehead atoms. The van der Waals surface area contributed by atoms with E-state index >= 15 is 0 Å². The lowest BCUT2D eigenvalue weighted by molar-refractivity contribution is -0.132. The lowest BCUT2D eigenvalue weighted by Gasteiger charge is -2.13. The summed E-state index contributed by atoms with van der Waals surface area (Å²) in [6.07, 6.45) is -3.56. The number of rotatable bonds is 9. The van der Waals surface area contributed by atoms with Gasteiger partial charge in [0.2, 0.25) is 11.6 Å². The number of methoxy groups -OCH3 is 2. The first kappa shape index (κ1) is 23.1. The quantitative estimate of drug-likeness (QED) is 0.468. The average molecular weight is 426 g/mol. The molecular formula is C20H25F3N4O3. The minimum Gasteiger partial charge on any atom is -0.493 e. The van der Waals surface area contributed by atoms with E-state index in [1.165, 1.54) is 14.2 Å². The van der Waals surface area contributed by atoms with Crippen LogP contribution in [0.3, 0.4) is 0 Å². The fourth-order valence-electron chi connectivity index (χ4n) is 2.42. The van der Waals surface area contributed by atoms with E-state index in [4.69, 9.17) is 14.2 Å². The monoisotopic (exact) mass is 426 g/mol. The van der Waals surface area contributed by atoms with Crippen LogP contribution in [-0.4, -0.2) is 44.4 Å². The molecule has 164 valence electrons. The first-order valence-electron chi connectivity index (χ1n) is 9.29. The van der Waals surface area contributed by atoms with Gasteiger partial charge in [0.15, 0.2) is 17.5 Å². The molecule has 2 rings (SSSR count). The summed E-state index contributed by atoms with van der Waals surface area (Å²) >= 11 is 0. The highest BCUT2D eigenvalue weighted by Gasteiger charge is 2.26. The summed E-state index contributed by atoms with van der Waals surface area (Å²) < 4.78 is 53.3. The molecule has 0 atom stereocenters. The summed E-state index contributed by atoms with van der Waals surface area (Å²) in [5.41, 5.74) is 0.766. The van der Waals surface area contributed by atoms with Crippen molar-refractivity contribution in [3.63, 3.8) is 0 Å². The number of benzene rings is 1. The molecule has 0 spiro atoms. The number of halogens is 3. The molecule has 0 fully saturated rings. The standard InChI is InChI=1S/C20H25F3N4O3/c1-4-24-19(25-11-10-20(21,22)23)27-13-14-8-9-17(26-12-14)30-18-15(28-2)6-5-7-16(18)29-3/h5-9,12H,4,10-11,13H2,1-3H3,(H2,24,25,27). The van der Waals surface area contributed by atoms with Gasteiger partial charge in [0, 0.05) is 25.4 Å². The zero-order valence-electron chi connectivity index (χ0n) is 17.0. The fourth-order valence-corrected chi connectivity index (χ4v) is 2.42. The second kappa shape index (κ2) is 11.1. The summed E-state index contributed by atoms with van der Waals surface area (Å²) in [6, 6.07) is 8.71. The van der Waals surface area contributed by atoms with Gasteiger partial charge < -0.3 is 24.8 Å². The molecule has 10 heteroatoms. The molecule has 0 aliphatic heterocycles. The Morgan fingerprint density at radius 1 is 1.07 bits per heavy atom. The maximum absolute atomic E-state index is 12.3. The van der Waals surface area contributed by atoms with Crippen LogP contribution in [0.15, 0.2) is 41.5 Å². The van der Waals surface area contributed by atoms with Crippen LogP contribution in [0.5, 0.6) is 23.1 Å². The van der Waals surface area contributed by atoms with Gasteiger partial charge >= 0.3 is 6.18 Å². The number of hydrogen-bond acceptors (Lipinski definition) is 5. The molecule has 0 unspecified atom stereocenters. The van der Waals surface area contributed by atoms with Crippen molar-refractivity contribution >= 4 is 5.96 Å². The van der Waals surface area contributed by atoms with Crippen molar-refractivity contribution in [3.8, 4) is 23.1 Å². The molecule has 0 aliphatic rings. The third kappa shape index (κ3) is 7.34. The summed E-state index contributed by atoms with van der Waals surface area (Å²) in [4.78, 5) is 8.53. The van der Waals surface area contributed by atoms with Crippen LogP contribution in [0.4, 0.5) is 13.2 Å². The molecule has 1 aromatic heterocycles. The van der Waals surface area contributed by atoms with E-state index in [1.807, 2.05) is 6.92 Å². The van der Waals surface area contributed by atoms with Crippen molar-refractivity contribution in [1.82, 2.24) is 15.6 Å². The zero-order chi connectivity index (χ0) is 22.0. The number of pyridine rings is 1. The van der Waals surface area contributed by atoms with Crippen LogP contribution in [0.25, 0.3) is 0 Å². The van der Waals surface area contributed by atoms with E-state index < -0.39 is 12.6 Å². The molecule has 0 aliphatic carbocycles. The third-order valence-electron chi connectivity index (χ3n) is 3.85. The van der Waals surface area contributed by atoms with Crippen LogP contribution in [0, 0.1) is 0 Å². The Morgan fingerprint density at radius 2 is 1.77 bits per heavy atom. The van der Waals surface area contributed by atoms with E-state index in [-0.39, 0.29) is 13.1 Å². The lowest BCUT2D eigenvalue weighted by Crippen LogP contribution is -2.38. The van der Waals surface area contributed by atoms with E-state index in [9.17, 15) is 13.2 Å². The molecule has 2 N–H and O–H groups in total. The highest BCUT2D eigenvalue weighted by atomic mass is 19.4. The maximum Gasteiger partial charge on any atom is 0.390 e. The van der Waals surface area contributed by atoms with Crippen molar-refractivity contribution in [2.45, 2.75) is 26.1 Å². The molecule has 0 saturated heterocycles. The lowest BCUT2D eigenvalue weighted by atomic mass is 10.3. The summed E-state index contributed by atoms with van der Waals surface area (Å²) in [5.74, 6) is 2.06. The van der Waals surface area contributed by atoms with Crippen LogP contribution >= 0.6 is 0 Å². The molecular weight excluding hydrogens is 401 g/mol. The Labute approximate surface area is 173 Å². The predicted molar refractivity (Wildman–Crippen MR) is 107 cm³/mol. The number of para-hydroxylation sites is 1. The number of alkyl halides is 3. The van der Waals surface area contributed by atoms with Gasteiger partial charge in [0.05, 0.1) is 27.2 Å². The third-order valence-corrected chi connectivity index (χ3v) is 3.85. The van der Waals surface area contributed by atoms with E-state index in [1.54, 1.807) is 36.5 Å². The summed E-state index contributed by atoms with van der Waals surface area (Å²) in [7, 11) is 3.06. The molecule has 0 radical (unpaired) electrons. The van der Waals surface area contributed by atoms with Gasteiger partial charge in [0.1, 0.15) is 0 Å². The van der Waals surface area contributed by atoms with Crippen molar-refractivity contribution in [2.75, 3.05) is 27.3 Å². The van der Waals surface area contributed by atoms with Gasteiger partial charge in [-0.25, -0.2) is 9.98 Å². The number of nitrogens with zero attached hydrogens (tertiary/aromatic N) is 2. The van der Waals surface area contributed by atoms with Crippen LogP contribution < -0.4 is 24.8 Å². The van der Waals surface area contributed by atoms with Crippen molar-refractivity contribution in [2.24, 2.45) is 4.99 Å². The number of aromatic nitrogens is 1. The van der Waals surface area contributed by atoms with Crippen molar-refractivity contribution in [3.05, 3.63) is 42.1 Å². The predicted octanol–water partition coefficient (Wildman–Crippen LogP) is 3.90. The Bertz CT molecular complexity index is 805. The van der Waals surface area contributed by atoms with Crippen molar-refractivity contribution < 1.29 is 27.4 Å². The number of ether oxygens (including phenoxy) is 3. The number of nitrogens with one attached hydrogen (secondary N) is 2. The highest BCUT2D eigenvalue weighted by Crippen LogP contribution is 2.39. The van der Waals surface area contributed by atoms with Gasteiger partial charge in [-0.1, -0.05) is 12.1 Å². The topological polar surface area (TPSA) is 77.0 Å². The molecule has 1 aromatic carbocycles. The molecule has 7 nitrogen and oxygen atoms in total. The Morgan fingerprint density at radius 3 is 2.30 bits per heavy atom. The minimum absolute atomic E-state index is 0.243. The number of hydrogen-bond donors (Lipinski definition) is 2. The van der Waals surface area contributed by atoms with Gasteiger partial charge in [-0.05, 0) is 24.6 Å². The van der Waals surface area contributed by atoms with E-state index in [0.717, 1.165) is 5.56 Å². The van der Waals surface area contributed by atoms with Gasteiger partial charge in [0.25, 0.3) is 0 Å². The van der Waals surface area contributed by atoms with E-state index in [2.05, 4.69) is 20.6 Å². The van der Waals surface area contributed by atoms with Crippen LogP contribution in [0.1, 0.15) is 18.9 Å². The van der Waals surface area contributed by atoms with Gasteiger partial charge in [-0.3, -0.25) is 0 Å². The average Bonchev–Trinajstić information content (AvgIpc) is 2.72. The minimum atomic E-state index is -4.21. The molecule has 0 amide bonds. The highest BCUT2D eigenvalue weighted by molar-refractivity contribution is 5.79. The summed E-state index contributed by atoms with van der Waals surface area (Å²) in [5, 5.41) is 5.57. The Balaban J connectivity index is 2.02.